The van der Waals surface area contributed by atoms with E-state index in [4.69, 9.17) is 0 Å². The second-order valence-corrected chi connectivity index (χ2v) is 6.46. The first-order valence-electron chi connectivity index (χ1n) is 7.18. The van der Waals surface area contributed by atoms with Crippen LogP contribution in [-0.4, -0.2) is 34.9 Å². The second kappa shape index (κ2) is 7.09. The van der Waals surface area contributed by atoms with Crippen molar-refractivity contribution in [3.05, 3.63) is 28.2 Å². The number of carboxylic acid groups (broad SMARTS) is 1. The molecule has 0 aromatic heterocycles. The Morgan fingerprint density at radius 3 is 2.74 bits per heavy atom. The number of ether oxygens (including phenoxy) is 1. The first-order valence-corrected chi connectivity index (χ1v) is 7.97. The highest BCUT2D eigenvalue weighted by Gasteiger charge is 2.33. The van der Waals surface area contributed by atoms with E-state index in [1.54, 1.807) is 12.1 Å². The molecule has 0 saturated carbocycles. The van der Waals surface area contributed by atoms with Crippen molar-refractivity contribution < 1.29 is 27.8 Å². The Labute approximate surface area is 140 Å². The summed E-state index contributed by atoms with van der Waals surface area (Å²) in [6.07, 6.45) is -3.30. The Kier molecular flexibility index (Phi) is 5.57. The van der Waals surface area contributed by atoms with Gasteiger partial charge < -0.3 is 9.84 Å². The van der Waals surface area contributed by atoms with Crippen LogP contribution in [0.4, 0.5) is 13.2 Å². The smallest absolute Gasteiger partial charge is 0.481 e. The fraction of sp³-hybridized carbons (Fsp3) is 0.533. The molecule has 0 aliphatic carbocycles. The van der Waals surface area contributed by atoms with E-state index in [9.17, 15) is 23.1 Å². The van der Waals surface area contributed by atoms with Gasteiger partial charge in [0.1, 0.15) is 5.75 Å². The van der Waals surface area contributed by atoms with Gasteiger partial charge in [-0.2, -0.15) is 0 Å². The number of hydrogen-bond acceptors (Lipinski definition) is 3. The Morgan fingerprint density at radius 1 is 1.48 bits per heavy atom. The van der Waals surface area contributed by atoms with Crippen molar-refractivity contribution in [2.75, 3.05) is 6.54 Å². The SMILES string of the molecule is C[C@@H]1[C@H](C(=O)O)CCCN1Cc1ccc(OC(F)(F)F)c(Br)c1. The summed E-state index contributed by atoms with van der Waals surface area (Å²) in [4.78, 5) is 13.3. The third kappa shape index (κ3) is 4.84. The number of piperidine rings is 1. The van der Waals surface area contributed by atoms with Gasteiger partial charge in [-0.3, -0.25) is 9.69 Å². The third-order valence-corrected chi connectivity index (χ3v) is 4.66. The van der Waals surface area contributed by atoms with Crippen LogP contribution in [0.1, 0.15) is 25.3 Å². The molecule has 1 N–H and O–H groups in total. The Morgan fingerprint density at radius 2 is 2.17 bits per heavy atom. The van der Waals surface area contributed by atoms with E-state index in [2.05, 4.69) is 20.7 Å². The average Bonchev–Trinajstić information content (AvgIpc) is 2.42. The number of alkyl halides is 3. The Bertz CT molecular complexity index is 580. The largest absolute Gasteiger partial charge is 0.573 e. The van der Waals surface area contributed by atoms with Crippen molar-refractivity contribution in [2.24, 2.45) is 5.92 Å². The summed E-state index contributed by atoms with van der Waals surface area (Å²) >= 11 is 3.08. The first kappa shape index (κ1) is 18.1. The molecule has 0 spiro atoms. The Balaban J connectivity index is 2.08. The first-order chi connectivity index (χ1) is 10.7. The van der Waals surface area contributed by atoms with Crippen molar-refractivity contribution in [1.29, 1.82) is 0 Å². The number of benzene rings is 1. The summed E-state index contributed by atoms with van der Waals surface area (Å²) in [5, 5.41) is 9.22. The number of nitrogens with zero attached hydrogens (tertiary/aromatic N) is 1. The molecule has 2 rings (SSSR count). The molecule has 0 unspecified atom stereocenters. The molecular weight excluding hydrogens is 379 g/mol. The molecule has 1 aliphatic rings. The van der Waals surface area contributed by atoms with Crippen LogP contribution >= 0.6 is 15.9 Å². The zero-order valence-corrected chi connectivity index (χ0v) is 14.0. The summed E-state index contributed by atoms with van der Waals surface area (Å²) in [5.74, 6) is -1.52. The molecule has 2 atom stereocenters. The van der Waals surface area contributed by atoms with Crippen LogP contribution in [0.2, 0.25) is 0 Å². The van der Waals surface area contributed by atoms with E-state index in [1.165, 1.54) is 6.07 Å². The zero-order chi connectivity index (χ0) is 17.2. The van der Waals surface area contributed by atoms with Gasteiger partial charge in [0.2, 0.25) is 0 Å². The highest BCUT2D eigenvalue weighted by molar-refractivity contribution is 9.10. The number of carbonyl (C=O) groups is 1. The van der Waals surface area contributed by atoms with Crippen LogP contribution in [0, 0.1) is 5.92 Å². The van der Waals surface area contributed by atoms with Crippen LogP contribution in [-0.2, 0) is 11.3 Å². The summed E-state index contributed by atoms with van der Waals surface area (Å²) in [6.45, 7) is 3.12. The van der Waals surface area contributed by atoms with Crippen LogP contribution in [0.3, 0.4) is 0 Å². The molecule has 1 aliphatic heterocycles. The molecule has 8 heteroatoms. The Hall–Kier alpha value is -1.28. The maximum absolute atomic E-state index is 12.3. The van der Waals surface area contributed by atoms with E-state index < -0.39 is 18.2 Å². The normalized spacial score (nSPS) is 22.8. The quantitative estimate of drug-likeness (QED) is 0.835. The van der Waals surface area contributed by atoms with Gasteiger partial charge in [0.25, 0.3) is 0 Å². The van der Waals surface area contributed by atoms with E-state index >= 15 is 0 Å². The number of carboxylic acids is 1. The highest BCUT2D eigenvalue weighted by atomic mass is 79.9. The standard InChI is InChI=1S/C15H17BrF3NO3/c1-9-11(14(21)22)3-2-6-20(9)8-10-4-5-13(12(16)7-10)23-15(17,18)19/h4-5,7,9,11H,2-3,6,8H2,1H3,(H,21,22)/t9-,11-/m1/s1. The fourth-order valence-corrected chi connectivity index (χ4v) is 3.36. The molecule has 0 bridgehead atoms. The van der Waals surface area contributed by atoms with E-state index in [-0.39, 0.29) is 16.3 Å². The molecule has 128 valence electrons. The van der Waals surface area contributed by atoms with Gasteiger partial charge in [0, 0.05) is 12.6 Å². The van der Waals surface area contributed by atoms with Crippen LogP contribution < -0.4 is 4.74 Å². The predicted molar refractivity (Wildman–Crippen MR) is 81.1 cm³/mol. The number of hydrogen-bond donors (Lipinski definition) is 1. The fourth-order valence-electron chi connectivity index (χ4n) is 2.85. The zero-order valence-electron chi connectivity index (χ0n) is 12.4. The van der Waals surface area contributed by atoms with E-state index in [1.807, 2.05) is 11.8 Å². The van der Waals surface area contributed by atoms with Gasteiger partial charge >= 0.3 is 12.3 Å². The molecular formula is C15H17BrF3NO3. The van der Waals surface area contributed by atoms with Crippen molar-refractivity contribution in [1.82, 2.24) is 4.90 Å². The lowest BCUT2D eigenvalue weighted by Gasteiger charge is -2.37. The maximum atomic E-state index is 12.3. The lowest BCUT2D eigenvalue weighted by Crippen LogP contribution is -2.45. The molecule has 1 aromatic rings. The van der Waals surface area contributed by atoms with Gasteiger partial charge in [-0.05, 0) is 59.9 Å². The maximum Gasteiger partial charge on any atom is 0.573 e. The van der Waals surface area contributed by atoms with Gasteiger partial charge in [0.05, 0.1) is 10.4 Å². The monoisotopic (exact) mass is 395 g/mol. The van der Waals surface area contributed by atoms with Gasteiger partial charge in [-0.1, -0.05) is 6.07 Å². The molecule has 1 fully saturated rings. The molecule has 23 heavy (non-hydrogen) atoms. The summed E-state index contributed by atoms with van der Waals surface area (Å²) < 4.78 is 40.9. The van der Waals surface area contributed by atoms with Gasteiger partial charge in [-0.15, -0.1) is 13.2 Å². The van der Waals surface area contributed by atoms with Crippen molar-refractivity contribution in [3.63, 3.8) is 0 Å². The van der Waals surface area contributed by atoms with Crippen molar-refractivity contribution >= 4 is 21.9 Å². The van der Waals surface area contributed by atoms with Gasteiger partial charge in [0.15, 0.2) is 0 Å². The van der Waals surface area contributed by atoms with E-state index in [0.717, 1.165) is 18.5 Å². The molecule has 0 amide bonds. The number of likely N-dealkylation sites (tertiary alicyclic amines) is 1. The lowest BCUT2D eigenvalue weighted by molar-refractivity contribution is -0.274. The second-order valence-electron chi connectivity index (χ2n) is 5.61. The molecule has 1 saturated heterocycles. The van der Waals surface area contributed by atoms with E-state index in [0.29, 0.717) is 13.0 Å². The van der Waals surface area contributed by atoms with Crippen LogP contribution in [0.25, 0.3) is 0 Å². The number of halogens is 4. The minimum absolute atomic E-state index is 0.119. The molecule has 1 heterocycles. The number of aliphatic carboxylic acids is 1. The topological polar surface area (TPSA) is 49.8 Å². The molecule has 1 aromatic carbocycles. The lowest BCUT2D eigenvalue weighted by atomic mass is 9.90. The number of rotatable bonds is 4. The minimum atomic E-state index is -4.74. The predicted octanol–water partition coefficient (Wildman–Crippen LogP) is 4.03. The van der Waals surface area contributed by atoms with Crippen LogP contribution in [0.15, 0.2) is 22.7 Å². The minimum Gasteiger partial charge on any atom is -0.481 e. The molecule has 0 radical (unpaired) electrons. The summed E-state index contributed by atoms with van der Waals surface area (Å²) in [7, 11) is 0. The third-order valence-electron chi connectivity index (χ3n) is 4.04. The van der Waals surface area contributed by atoms with Crippen molar-refractivity contribution in [3.8, 4) is 5.75 Å². The molecule has 4 nitrogen and oxygen atoms in total. The van der Waals surface area contributed by atoms with Crippen molar-refractivity contribution in [2.45, 2.75) is 38.7 Å². The summed E-state index contributed by atoms with van der Waals surface area (Å²) in [6, 6.07) is 4.27. The van der Waals surface area contributed by atoms with Crippen LogP contribution in [0.5, 0.6) is 5.75 Å². The average molecular weight is 396 g/mol. The highest BCUT2D eigenvalue weighted by Crippen LogP contribution is 2.32. The van der Waals surface area contributed by atoms with Gasteiger partial charge in [-0.25, -0.2) is 0 Å². The summed E-state index contributed by atoms with van der Waals surface area (Å²) in [5.41, 5.74) is 0.796.